The van der Waals surface area contributed by atoms with Crippen molar-refractivity contribution >= 4 is 27.5 Å². The van der Waals surface area contributed by atoms with E-state index in [9.17, 15) is 5.11 Å². The smallest absolute Gasteiger partial charge is 0.127 e. The average molecular weight is 488 g/mol. The van der Waals surface area contributed by atoms with Gasteiger partial charge in [0, 0.05) is 58.1 Å². The summed E-state index contributed by atoms with van der Waals surface area (Å²) in [7, 11) is 0. The second-order valence-electron chi connectivity index (χ2n) is 9.62. The number of aromatic nitrogens is 6. The van der Waals surface area contributed by atoms with Gasteiger partial charge in [-0.2, -0.15) is 5.10 Å². The first-order valence-corrected chi connectivity index (χ1v) is 12.5. The number of aromatic amines is 2. The van der Waals surface area contributed by atoms with Gasteiger partial charge >= 0.3 is 0 Å². The first-order valence-electron chi connectivity index (χ1n) is 12.5. The van der Waals surface area contributed by atoms with Crippen LogP contribution in [0.25, 0.3) is 55.6 Å². The Balaban J connectivity index is 1.26. The largest absolute Gasteiger partial charge is 0.374 e. The van der Waals surface area contributed by atoms with E-state index in [1.165, 1.54) is 6.42 Å². The molecular formula is C29H25N7O. The molecule has 8 heteroatoms. The van der Waals surface area contributed by atoms with E-state index in [0.29, 0.717) is 5.92 Å². The number of pyridine rings is 3. The molecule has 8 nitrogen and oxygen atoms in total. The molecule has 182 valence electrons. The highest BCUT2D eigenvalue weighted by molar-refractivity contribution is 6.00. The fourth-order valence-corrected chi connectivity index (χ4v) is 5.03. The lowest BCUT2D eigenvalue weighted by Gasteiger charge is -2.31. The fourth-order valence-electron chi connectivity index (χ4n) is 5.03. The number of hydrogen-bond acceptors (Lipinski definition) is 6. The Hall–Kier alpha value is -4.56. The fraction of sp³-hybridized carbons (Fsp3) is 0.172. The monoisotopic (exact) mass is 487 g/mol. The zero-order chi connectivity index (χ0) is 24.8. The molecular weight excluding hydrogens is 462 g/mol. The highest BCUT2D eigenvalue weighted by atomic mass is 16.3. The number of aliphatic hydroxyl groups excluding tert-OH is 1. The van der Waals surface area contributed by atoms with Gasteiger partial charge < -0.3 is 15.4 Å². The number of nitrogens with one attached hydrogen (secondary N) is 3. The molecule has 1 atom stereocenters. The second-order valence-corrected chi connectivity index (χ2v) is 9.62. The van der Waals surface area contributed by atoms with Crippen LogP contribution in [0.5, 0.6) is 0 Å². The maximum absolute atomic E-state index is 10.4. The highest BCUT2D eigenvalue weighted by Crippen LogP contribution is 2.35. The van der Waals surface area contributed by atoms with Crippen LogP contribution in [-0.4, -0.2) is 41.5 Å². The zero-order valence-corrected chi connectivity index (χ0v) is 20.0. The third-order valence-corrected chi connectivity index (χ3v) is 7.28. The van der Waals surface area contributed by atoms with E-state index >= 15 is 0 Å². The molecule has 1 unspecified atom stereocenters. The van der Waals surface area contributed by atoms with Crippen LogP contribution >= 0.6 is 0 Å². The van der Waals surface area contributed by atoms with Crippen molar-refractivity contribution in [3.63, 3.8) is 0 Å². The Morgan fingerprint density at radius 1 is 0.838 bits per heavy atom. The molecule has 4 N–H and O–H groups in total. The van der Waals surface area contributed by atoms with Crippen LogP contribution in [0.3, 0.4) is 0 Å². The Morgan fingerprint density at radius 3 is 2.57 bits per heavy atom. The summed E-state index contributed by atoms with van der Waals surface area (Å²) in [6, 6.07) is 16.3. The van der Waals surface area contributed by atoms with Crippen molar-refractivity contribution in [3.8, 4) is 33.8 Å². The predicted octanol–water partition coefficient (Wildman–Crippen LogP) is 5.76. The van der Waals surface area contributed by atoms with Gasteiger partial charge in [0.2, 0.25) is 0 Å². The normalized spacial score (nSPS) is 14.6. The quantitative estimate of drug-likeness (QED) is 0.222. The van der Waals surface area contributed by atoms with Gasteiger partial charge in [-0.1, -0.05) is 12.5 Å². The molecule has 1 aliphatic rings. The van der Waals surface area contributed by atoms with Gasteiger partial charge in [-0.3, -0.25) is 20.1 Å². The highest BCUT2D eigenvalue weighted by Gasteiger charge is 2.25. The maximum Gasteiger partial charge on any atom is 0.127 e. The lowest BCUT2D eigenvalue weighted by Crippen LogP contribution is -2.33. The average Bonchev–Trinajstić information content (AvgIpc) is 3.52. The van der Waals surface area contributed by atoms with Gasteiger partial charge in [-0.25, -0.2) is 0 Å². The SMILES string of the molecule is OC(Nc1cncc(-c2ccc3[nH]nc(-c4cc5c(-c6cccnc6)nccc5[nH]4)c3c2)c1)C1CCC1. The summed E-state index contributed by atoms with van der Waals surface area (Å²) >= 11 is 0. The van der Waals surface area contributed by atoms with Crippen molar-refractivity contribution in [3.05, 3.63) is 79.5 Å². The molecule has 0 radical (unpaired) electrons. The molecule has 1 aliphatic carbocycles. The number of fused-ring (bicyclic) bond motifs is 2. The molecule has 6 aromatic rings. The van der Waals surface area contributed by atoms with E-state index in [1.807, 2.05) is 48.9 Å². The number of rotatable bonds is 6. The van der Waals surface area contributed by atoms with Crippen molar-refractivity contribution in [1.29, 1.82) is 0 Å². The Morgan fingerprint density at radius 2 is 1.73 bits per heavy atom. The summed E-state index contributed by atoms with van der Waals surface area (Å²) < 4.78 is 0. The van der Waals surface area contributed by atoms with Crippen molar-refractivity contribution < 1.29 is 5.11 Å². The number of nitrogens with zero attached hydrogens (tertiary/aromatic N) is 4. The van der Waals surface area contributed by atoms with Gasteiger partial charge in [0.05, 0.1) is 28.8 Å². The van der Waals surface area contributed by atoms with E-state index in [-0.39, 0.29) is 0 Å². The van der Waals surface area contributed by atoms with Gasteiger partial charge in [-0.15, -0.1) is 0 Å². The van der Waals surface area contributed by atoms with E-state index in [2.05, 4.69) is 53.6 Å². The summed E-state index contributed by atoms with van der Waals surface area (Å²) in [4.78, 5) is 16.8. The minimum atomic E-state index is -0.540. The van der Waals surface area contributed by atoms with Crippen molar-refractivity contribution in [2.45, 2.75) is 25.5 Å². The Labute approximate surface area is 212 Å². The minimum Gasteiger partial charge on any atom is -0.374 e. The number of anilines is 1. The summed E-state index contributed by atoms with van der Waals surface area (Å²) in [6.07, 6.45) is 11.8. The van der Waals surface area contributed by atoms with E-state index in [0.717, 1.165) is 74.1 Å². The number of benzene rings is 1. The van der Waals surface area contributed by atoms with Crippen LogP contribution in [0.4, 0.5) is 5.69 Å². The zero-order valence-electron chi connectivity index (χ0n) is 20.0. The van der Waals surface area contributed by atoms with Crippen LogP contribution in [0.2, 0.25) is 0 Å². The standard InChI is InChI=1S/C29H25N7O/c37-29(17-3-1-4-17)33-21-11-20(15-31-16-21)18-6-7-25-22(12-18)28(36-35-25)26-13-23-24(34-26)8-10-32-27(23)19-5-2-9-30-14-19/h2,5-17,29,33-34,37H,1,3-4H2,(H,35,36). The number of aliphatic hydroxyl groups is 1. The topological polar surface area (TPSA) is 115 Å². The predicted molar refractivity (Wildman–Crippen MR) is 145 cm³/mol. The van der Waals surface area contributed by atoms with Crippen LogP contribution in [-0.2, 0) is 0 Å². The Kier molecular flexibility index (Phi) is 5.18. The second kappa shape index (κ2) is 8.83. The molecule has 0 bridgehead atoms. The van der Waals surface area contributed by atoms with Gasteiger partial charge in [0.25, 0.3) is 0 Å². The number of hydrogen-bond donors (Lipinski definition) is 4. The summed E-state index contributed by atoms with van der Waals surface area (Å²) in [5.74, 6) is 0.318. The molecule has 37 heavy (non-hydrogen) atoms. The Bertz CT molecular complexity index is 1720. The van der Waals surface area contributed by atoms with Gasteiger partial charge in [-0.05, 0) is 60.9 Å². The van der Waals surface area contributed by atoms with Crippen LogP contribution in [0.15, 0.2) is 79.5 Å². The molecule has 0 spiro atoms. The first-order chi connectivity index (χ1) is 18.2. The van der Waals surface area contributed by atoms with Crippen molar-refractivity contribution in [1.82, 2.24) is 30.1 Å². The molecule has 0 saturated heterocycles. The third kappa shape index (κ3) is 3.91. The molecule has 7 rings (SSSR count). The molecule has 0 amide bonds. The molecule has 5 aromatic heterocycles. The maximum atomic E-state index is 10.4. The summed E-state index contributed by atoms with van der Waals surface area (Å²) in [5, 5.41) is 23.5. The lowest BCUT2D eigenvalue weighted by atomic mass is 9.84. The van der Waals surface area contributed by atoms with Crippen LogP contribution in [0.1, 0.15) is 19.3 Å². The molecule has 0 aliphatic heterocycles. The molecule has 1 saturated carbocycles. The van der Waals surface area contributed by atoms with E-state index in [1.54, 1.807) is 12.4 Å². The first kappa shape index (κ1) is 21.7. The molecule has 1 fully saturated rings. The summed E-state index contributed by atoms with van der Waals surface area (Å²) in [6.45, 7) is 0. The van der Waals surface area contributed by atoms with Crippen molar-refractivity contribution in [2.75, 3.05) is 5.32 Å². The van der Waals surface area contributed by atoms with Gasteiger partial charge in [0.15, 0.2) is 0 Å². The molecule has 1 aromatic carbocycles. The summed E-state index contributed by atoms with van der Waals surface area (Å²) in [5.41, 5.74) is 8.36. The van der Waals surface area contributed by atoms with Crippen LogP contribution < -0.4 is 5.32 Å². The minimum absolute atomic E-state index is 0.318. The van der Waals surface area contributed by atoms with Crippen LogP contribution in [0, 0.1) is 5.92 Å². The third-order valence-electron chi connectivity index (χ3n) is 7.28. The molecule has 5 heterocycles. The van der Waals surface area contributed by atoms with Gasteiger partial charge in [0.1, 0.15) is 11.9 Å². The van der Waals surface area contributed by atoms with Crippen molar-refractivity contribution in [2.24, 2.45) is 5.92 Å². The van der Waals surface area contributed by atoms with E-state index < -0.39 is 6.23 Å². The van der Waals surface area contributed by atoms with E-state index in [4.69, 9.17) is 0 Å². The number of H-pyrrole nitrogens is 2. The lowest BCUT2D eigenvalue weighted by molar-refractivity contribution is 0.0851.